The smallest absolute Gasteiger partial charge is 0.251 e. The quantitative estimate of drug-likeness (QED) is 0.703. The number of anilines is 3. The standard InChI is InChI=1S/C22H26N4O3/c1-4-12-23-20(28)15-8-7-9-16(13-15)24-14-19(27)26-18-11-6-5-10-17(18)25-21(29)22(26,2)3/h5-11,13,24H,4,12,14H2,1-3H3,(H,23,28)(H,25,29). The highest BCUT2D eigenvalue weighted by molar-refractivity contribution is 6.14. The van der Waals surface area contributed by atoms with Gasteiger partial charge in [0, 0.05) is 17.8 Å². The van der Waals surface area contributed by atoms with E-state index < -0.39 is 5.54 Å². The average Bonchev–Trinajstić information content (AvgIpc) is 2.71. The van der Waals surface area contributed by atoms with Gasteiger partial charge in [-0.2, -0.15) is 0 Å². The number of para-hydroxylation sites is 2. The van der Waals surface area contributed by atoms with E-state index in [4.69, 9.17) is 0 Å². The predicted octanol–water partition coefficient (Wildman–Crippen LogP) is 3.00. The van der Waals surface area contributed by atoms with Crippen molar-refractivity contribution in [1.29, 1.82) is 0 Å². The van der Waals surface area contributed by atoms with Crippen molar-refractivity contribution < 1.29 is 14.4 Å². The Labute approximate surface area is 170 Å². The molecule has 0 spiro atoms. The van der Waals surface area contributed by atoms with Crippen LogP contribution in [0.5, 0.6) is 0 Å². The van der Waals surface area contributed by atoms with E-state index in [9.17, 15) is 14.4 Å². The Hall–Kier alpha value is -3.35. The molecule has 0 saturated heterocycles. The van der Waals surface area contributed by atoms with Gasteiger partial charge in [0.25, 0.3) is 5.91 Å². The van der Waals surface area contributed by atoms with Crippen LogP contribution in [0.3, 0.4) is 0 Å². The highest BCUT2D eigenvalue weighted by Crippen LogP contribution is 2.36. The molecule has 152 valence electrons. The van der Waals surface area contributed by atoms with Crippen molar-refractivity contribution >= 4 is 34.8 Å². The zero-order valence-corrected chi connectivity index (χ0v) is 16.9. The van der Waals surface area contributed by atoms with Crippen molar-refractivity contribution in [3.05, 3.63) is 54.1 Å². The van der Waals surface area contributed by atoms with Gasteiger partial charge < -0.3 is 16.0 Å². The van der Waals surface area contributed by atoms with Gasteiger partial charge in [-0.3, -0.25) is 19.3 Å². The molecule has 3 rings (SSSR count). The molecule has 3 N–H and O–H groups in total. The Bertz CT molecular complexity index is 939. The van der Waals surface area contributed by atoms with E-state index in [1.165, 1.54) is 4.90 Å². The van der Waals surface area contributed by atoms with Crippen LogP contribution in [-0.2, 0) is 9.59 Å². The molecule has 0 atom stereocenters. The molecule has 1 heterocycles. The average molecular weight is 394 g/mol. The summed E-state index contributed by atoms with van der Waals surface area (Å²) >= 11 is 0. The normalized spacial score (nSPS) is 14.6. The zero-order valence-electron chi connectivity index (χ0n) is 16.9. The molecule has 2 aromatic rings. The summed E-state index contributed by atoms with van der Waals surface area (Å²) in [5.74, 6) is -0.623. The van der Waals surface area contributed by atoms with Gasteiger partial charge in [0.15, 0.2) is 0 Å². The number of nitrogens with one attached hydrogen (secondary N) is 3. The van der Waals surface area contributed by atoms with Gasteiger partial charge in [-0.25, -0.2) is 0 Å². The number of hydrogen-bond donors (Lipinski definition) is 3. The minimum atomic E-state index is -1.02. The molecule has 7 nitrogen and oxygen atoms in total. The maximum absolute atomic E-state index is 13.1. The topological polar surface area (TPSA) is 90.5 Å². The van der Waals surface area contributed by atoms with Crippen molar-refractivity contribution in [2.75, 3.05) is 28.6 Å². The van der Waals surface area contributed by atoms with Crippen LogP contribution in [0.25, 0.3) is 0 Å². The van der Waals surface area contributed by atoms with Crippen molar-refractivity contribution in [1.82, 2.24) is 5.32 Å². The zero-order chi connectivity index (χ0) is 21.0. The third kappa shape index (κ3) is 4.23. The number of rotatable bonds is 6. The molecular formula is C22H26N4O3. The van der Waals surface area contributed by atoms with Gasteiger partial charge in [-0.1, -0.05) is 25.1 Å². The first-order valence-corrected chi connectivity index (χ1v) is 9.70. The second kappa shape index (κ2) is 8.34. The Morgan fingerprint density at radius 3 is 2.62 bits per heavy atom. The van der Waals surface area contributed by atoms with E-state index in [-0.39, 0.29) is 24.3 Å². The number of amides is 3. The highest BCUT2D eigenvalue weighted by atomic mass is 16.2. The van der Waals surface area contributed by atoms with Crippen LogP contribution < -0.4 is 20.9 Å². The fourth-order valence-electron chi connectivity index (χ4n) is 3.27. The lowest BCUT2D eigenvalue weighted by atomic mass is 9.96. The van der Waals surface area contributed by atoms with Crippen LogP contribution in [-0.4, -0.2) is 36.3 Å². The Kier molecular flexibility index (Phi) is 5.87. The van der Waals surface area contributed by atoms with Crippen LogP contribution in [0.2, 0.25) is 0 Å². The first-order valence-electron chi connectivity index (χ1n) is 9.70. The second-order valence-corrected chi connectivity index (χ2v) is 7.45. The number of hydrogen-bond acceptors (Lipinski definition) is 4. The number of fused-ring (bicyclic) bond motifs is 1. The summed E-state index contributed by atoms with van der Waals surface area (Å²) in [6, 6.07) is 14.2. The van der Waals surface area contributed by atoms with Gasteiger partial charge in [-0.05, 0) is 50.6 Å². The predicted molar refractivity (Wildman–Crippen MR) is 114 cm³/mol. The second-order valence-electron chi connectivity index (χ2n) is 7.45. The summed E-state index contributed by atoms with van der Waals surface area (Å²) < 4.78 is 0. The number of carbonyl (C=O) groups excluding carboxylic acids is 3. The molecule has 0 radical (unpaired) electrons. The highest BCUT2D eigenvalue weighted by Gasteiger charge is 2.43. The fourth-order valence-corrected chi connectivity index (χ4v) is 3.27. The molecule has 0 saturated carbocycles. The summed E-state index contributed by atoms with van der Waals surface area (Å²) in [5, 5.41) is 8.75. The Balaban J connectivity index is 1.75. The van der Waals surface area contributed by atoms with Crippen LogP contribution in [0, 0.1) is 0 Å². The van der Waals surface area contributed by atoms with E-state index in [0.717, 1.165) is 6.42 Å². The van der Waals surface area contributed by atoms with Crippen molar-refractivity contribution in [3.63, 3.8) is 0 Å². The molecule has 29 heavy (non-hydrogen) atoms. The van der Waals surface area contributed by atoms with E-state index in [1.807, 2.05) is 25.1 Å². The van der Waals surface area contributed by atoms with Crippen molar-refractivity contribution in [2.24, 2.45) is 0 Å². The minimum absolute atomic E-state index is 0.00885. The van der Waals surface area contributed by atoms with Gasteiger partial charge in [0.2, 0.25) is 11.8 Å². The summed E-state index contributed by atoms with van der Waals surface area (Å²) in [4.78, 5) is 39.2. The number of nitrogens with zero attached hydrogens (tertiary/aromatic N) is 1. The van der Waals surface area contributed by atoms with Gasteiger partial charge in [-0.15, -0.1) is 0 Å². The van der Waals surface area contributed by atoms with Crippen LogP contribution in [0.1, 0.15) is 37.6 Å². The van der Waals surface area contributed by atoms with Gasteiger partial charge in [0.05, 0.1) is 17.9 Å². The summed E-state index contributed by atoms with van der Waals surface area (Å²) in [6.07, 6.45) is 0.860. The summed E-state index contributed by atoms with van der Waals surface area (Å²) in [5.41, 5.74) is 1.44. The first-order chi connectivity index (χ1) is 13.8. The summed E-state index contributed by atoms with van der Waals surface area (Å²) in [7, 11) is 0. The lowest BCUT2D eigenvalue weighted by molar-refractivity contribution is -0.125. The van der Waals surface area contributed by atoms with E-state index >= 15 is 0 Å². The molecular weight excluding hydrogens is 368 g/mol. The van der Waals surface area contributed by atoms with Crippen LogP contribution >= 0.6 is 0 Å². The maximum Gasteiger partial charge on any atom is 0.251 e. The fraction of sp³-hybridized carbons (Fsp3) is 0.318. The SMILES string of the molecule is CCCNC(=O)c1cccc(NCC(=O)N2c3ccccc3NC(=O)C2(C)C)c1. The first kappa shape index (κ1) is 20.4. The number of benzene rings is 2. The third-order valence-corrected chi connectivity index (χ3v) is 4.86. The van der Waals surface area contributed by atoms with Gasteiger partial charge in [0.1, 0.15) is 5.54 Å². The molecule has 0 fully saturated rings. The maximum atomic E-state index is 13.1. The summed E-state index contributed by atoms with van der Waals surface area (Å²) in [6.45, 7) is 6.03. The van der Waals surface area contributed by atoms with Crippen molar-refractivity contribution in [3.8, 4) is 0 Å². The largest absolute Gasteiger partial charge is 0.376 e. The molecule has 0 aliphatic carbocycles. The molecule has 2 aromatic carbocycles. The molecule has 1 aliphatic heterocycles. The third-order valence-electron chi connectivity index (χ3n) is 4.86. The number of carbonyl (C=O) groups is 3. The van der Waals surface area contributed by atoms with E-state index in [2.05, 4.69) is 16.0 Å². The molecule has 0 unspecified atom stereocenters. The Morgan fingerprint density at radius 2 is 1.86 bits per heavy atom. The lowest BCUT2D eigenvalue weighted by Crippen LogP contribution is -2.59. The molecule has 1 aliphatic rings. The molecule has 3 amide bonds. The monoisotopic (exact) mass is 394 g/mol. The molecule has 0 aromatic heterocycles. The van der Waals surface area contributed by atoms with Crippen LogP contribution in [0.15, 0.2) is 48.5 Å². The van der Waals surface area contributed by atoms with Gasteiger partial charge >= 0.3 is 0 Å². The lowest BCUT2D eigenvalue weighted by Gasteiger charge is -2.42. The van der Waals surface area contributed by atoms with E-state index in [1.54, 1.807) is 44.2 Å². The molecule has 7 heteroatoms. The molecule has 0 bridgehead atoms. The minimum Gasteiger partial charge on any atom is -0.376 e. The van der Waals surface area contributed by atoms with E-state index in [0.29, 0.717) is 29.2 Å². The Morgan fingerprint density at radius 1 is 1.10 bits per heavy atom. The van der Waals surface area contributed by atoms with Crippen LogP contribution in [0.4, 0.5) is 17.1 Å². The van der Waals surface area contributed by atoms with Crippen molar-refractivity contribution in [2.45, 2.75) is 32.7 Å².